The molecule has 11 heteroatoms. The van der Waals surface area contributed by atoms with Gasteiger partial charge in [0, 0.05) is 4.88 Å². The van der Waals surface area contributed by atoms with Crippen molar-refractivity contribution >= 4 is 39.4 Å². The Kier molecular flexibility index (Phi) is 5.77. The molecule has 0 aliphatic heterocycles. The molecule has 0 spiro atoms. The van der Waals surface area contributed by atoms with E-state index in [1.807, 2.05) is 0 Å². The molecule has 33 heavy (non-hydrogen) atoms. The lowest BCUT2D eigenvalue weighted by Crippen LogP contribution is -2.18. The maximum Gasteiger partial charge on any atom is 0.282 e. The highest BCUT2D eigenvalue weighted by Crippen LogP contribution is 2.34. The number of rotatable bonds is 5. The molecule has 168 valence electrons. The number of ether oxygens (including phenoxy) is 2. The van der Waals surface area contributed by atoms with E-state index in [1.165, 1.54) is 29.2 Å². The van der Waals surface area contributed by atoms with Crippen LogP contribution >= 0.6 is 22.9 Å². The van der Waals surface area contributed by atoms with Gasteiger partial charge in [-0.3, -0.25) is 4.79 Å². The second-order valence-electron chi connectivity index (χ2n) is 7.33. The van der Waals surface area contributed by atoms with Gasteiger partial charge in [-0.1, -0.05) is 0 Å². The predicted molar refractivity (Wildman–Crippen MR) is 124 cm³/mol. The van der Waals surface area contributed by atoms with Crippen molar-refractivity contribution in [3.8, 4) is 17.4 Å². The quantitative estimate of drug-likeness (QED) is 0.303. The van der Waals surface area contributed by atoms with Crippen molar-refractivity contribution in [1.29, 1.82) is 0 Å². The summed E-state index contributed by atoms with van der Waals surface area (Å²) in [5, 5.41) is 4.80. The maximum absolute atomic E-state index is 14.0. The van der Waals surface area contributed by atoms with Gasteiger partial charge in [0.2, 0.25) is 11.1 Å². The molecule has 3 aromatic heterocycles. The standard InChI is InChI=1S/C22H17ClFN5O3S/c1-31-15-7-6-12(8-16(15)32-19-14(24)10-25-22(23)28-19)9-27-29-11-26-20-18(21(29)30)13-4-2-3-5-17(13)33-20/h6-11H,2-5H2,1H3/b27-9-. The van der Waals surface area contributed by atoms with Crippen LogP contribution in [0.2, 0.25) is 5.28 Å². The molecule has 1 aliphatic carbocycles. The summed E-state index contributed by atoms with van der Waals surface area (Å²) in [5.74, 6) is -0.560. The lowest BCUT2D eigenvalue weighted by atomic mass is 9.97. The lowest BCUT2D eigenvalue weighted by molar-refractivity contribution is 0.363. The van der Waals surface area contributed by atoms with E-state index >= 15 is 0 Å². The summed E-state index contributed by atoms with van der Waals surface area (Å²) in [6.07, 6.45) is 7.92. The van der Waals surface area contributed by atoms with E-state index in [-0.39, 0.29) is 22.5 Å². The van der Waals surface area contributed by atoms with Gasteiger partial charge in [0.1, 0.15) is 11.2 Å². The number of benzene rings is 1. The number of aryl methyl sites for hydroxylation is 2. The van der Waals surface area contributed by atoms with Gasteiger partial charge in [0.25, 0.3) is 11.4 Å². The molecule has 0 N–H and O–H groups in total. The van der Waals surface area contributed by atoms with Crippen molar-refractivity contribution in [1.82, 2.24) is 19.6 Å². The first-order valence-corrected chi connectivity index (χ1v) is 11.3. The third-order valence-corrected chi connectivity index (χ3v) is 6.65. The molecule has 0 bridgehead atoms. The SMILES string of the molecule is COc1ccc(/C=N\n2cnc3sc4c(c3c2=O)CCCC4)cc1Oc1nc(Cl)ncc1F. The molecule has 0 atom stereocenters. The fourth-order valence-corrected chi connectivity index (χ4v) is 5.05. The van der Waals surface area contributed by atoms with E-state index in [2.05, 4.69) is 20.1 Å². The molecule has 0 fully saturated rings. The summed E-state index contributed by atoms with van der Waals surface area (Å²) >= 11 is 7.33. The van der Waals surface area contributed by atoms with Crippen LogP contribution in [0.15, 0.2) is 40.6 Å². The van der Waals surface area contributed by atoms with E-state index < -0.39 is 5.82 Å². The van der Waals surface area contributed by atoms with Gasteiger partial charge in [0.15, 0.2) is 11.5 Å². The molecule has 5 rings (SSSR count). The topological polar surface area (TPSA) is 91.5 Å². The highest BCUT2D eigenvalue weighted by atomic mass is 35.5. The Balaban J connectivity index is 1.48. The summed E-state index contributed by atoms with van der Waals surface area (Å²) in [6.45, 7) is 0. The van der Waals surface area contributed by atoms with Crippen LogP contribution in [0.5, 0.6) is 17.4 Å². The summed E-state index contributed by atoms with van der Waals surface area (Å²) in [6, 6.07) is 4.94. The second-order valence-corrected chi connectivity index (χ2v) is 8.76. The number of nitrogens with zero attached hydrogens (tertiary/aromatic N) is 5. The molecule has 0 saturated carbocycles. The van der Waals surface area contributed by atoms with Crippen LogP contribution in [0, 0.1) is 5.82 Å². The maximum atomic E-state index is 14.0. The Morgan fingerprint density at radius 2 is 2.09 bits per heavy atom. The Labute approximate surface area is 196 Å². The van der Waals surface area contributed by atoms with E-state index in [1.54, 1.807) is 29.5 Å². The number of hydrogen-bond donors (Lipinski definition) is 0. The zero-order valence-corrected chi connectivity index (χ0v) is 19.0. The molecule has 0 radical (unpaired) electrons. The molecule has 0 amide bonds. The molecular formula is C22H17ClFN5O3S. The van der Waals surface area contributed by atoms with Gasteiger partial charge in [-0.2, -0.15) is 19.2 Å². The summed E-state index contributed by atoms with van der Waals surface area (Å²) in [7, 11) is 1.46. The number of methoxy groups -OCH3 is 1. The number of aromatic nitrogens is 4. The van der Waals surface area contributed by atoms with Crippen LogP contribution in [-0.2, 0) is 12.8 Å². The fraction of sp³-hybridized carbons (Fsp3) is 0.227. The Morgan fingerprint density at radius 1 is 1.24 bits per heavy atom. The van der Waals surface area contributed by atoms with Gasteiger partial charge in [0.05, 0.1) is 24.9 Å². The van der Waals surface area contributed by atoms with Gasteiger partial charge in [-0.05, 0) is 66.6 Å². The number of halogens is 2. The second kappa shape index (κ2) is 8.87. The number of hydrogen-bond acceptors (Lipinski definition) is 8. The summed E-state index contributed by atoms with van der Waals surface area (Å²) in [5.41, 5.74) is 1.50. The molecule has 1 aromatic carbocycles. The van der Waals surface area contributed by atoms with Gasteiger partial charge in [-0.25, -0.2) is 9.97 Å². The van der Waals surface area contributed by atoms with Gasteiger partial charge < -0.3 is 9.47 Å². The van der Waals surface area contributed by atoms with Crippen molar-refractivity contribution in [3.05, 3.63) is 68.2 Å². The molecule has 8 nitrogen and oxygen atoms in total. The van der Waals surface area contributed by atoms with Gasteiger partial charge in [-0.15, -0.1) is 11.3 Å². The molecule has 3 heterocycles. The first kappa shape index (κ1) is 21.5. The highest BCUT2D eigenvalue weighted by molar-refractivity contribution is 7.18. The van der Waals surface area contributed by atoms with Crippen molar-refractivity contribution in [2.75, 3.05) is 7.11 Å². The monoisotopic (exact) mass is 485 g/mol. The third kappa shape index (κ3) is 4.19. The van der Waals surface area contributed by atoms with Crippen LogP contribution in [0.3, 0.4) is 0 Å². The molecule has 1 aliphatic rings. The normalized spacial score (nSPS) is 13.4. The van der Waals surface area contributed by atoms with Crippen molar-refractivity contribution < 1.29 is 13.9 Å². The minimum atomic E-state index is -0.773. The average Bonchev–Trinajstić information content (AvgIpc) is 3.20. The van der Waals surface area contributed by atoms with E-state index in [4.69, 9.17) is 21.1 Å². The fourth-order valence-electron chi connectivity index (χ4n) is 3.71. The van der Waals surface area contributed by atoms with Crippen LogP contribution in [-0.4, -0.2) is 33.0 Å². The zero-order valence-electron chi connectivity index (χ0n) is 17.4. The minimum absolute atomic E-state index is 0.152. The zero-order chi connectivity index (χ0) is 22.9. The third-order valence-electron chi connectivity index (χ3n) is 5.27. The smallest absolute Gasteiger partial charge is 0.282 e. The minimum Gasteiger partial charge on any atom is -0.493 e. The number of thiophene rings is 1. The van der Waals surface area contributed by atoms with Crippen LogP contribution in [0.25, 0.3) is 10.2 Å². The molecule has 0 unspecified atom stereocenters. The molecular weight excluding hydrogens is 469 g/mol. The van der Waals surface area contributed by atoms with Crippen molar-refractivity contribution in [2.24, 2.45) is 5.10 Å². The number of fused-ring (bicyclic) bond motifs is 3. The summed E-state index contributed by atoms with van der Waals surface area (Å²) in [4.78, 5) is 26.8. The Bertz CT molecular complexity index is 1450. The average molecular weight is 486 g/mol. The largest absolute Gasteiger partial charge is 0.493 e. The molecule has 4 aromatic rings. The van der Waals surface area contributed by atoms with Gasteiger partial charge >= 0.3 is 0 Å². The van der Waals surface area contributed by atoms with Crippen LogP contribution in [0.1, 0.15) is 28.8 Å². The Hall–Kier alpha value is -3.37. The first-order valence-electron chi connectivity index (χ1n) is 10.1. The van der Waals surface area contributed by atoms with E-state index in [0.29, 0.717) is 16.7 Å². The Morgan fingerprint density at radius 3 is 2.94 bits per heavy atom. The van der Waals surface area contributed by atoms with E-state index in [0.717, 1.165) is 42.3 Å². The molecule has 0 saturated heterocycles. The van der Waals surface area contributed by atoms with E-state index in [9.17, 15) is 9.18 Å². The highest BCUT2D eigenvalue weighted by Gasteiger charge is 2.20. The van der Waals surface area contributed by atoms with Crippen LogP contribution < -0.4 is 15.0 Å². The van der Waals surface area contributed by atoms with Crippen LogP contribution in [0.4, 0.5) is 4.39 Å². The van der Waals surface area contributed by atoms with Crippen molar-refractivity contribution in [2.45, 2.75) is 25.7 Å². The first-order chi connectivity index (χ1) is 16.0. The van der Waals surface area contributed by atoms with Crippen molar-refractivity contribution in [3.63, 3.8) is 0 Å². The lowest BCUT2D eigenvalue weighted by Gasteiger charge is -2.11. The summed E-state index contributed by atoms with van der Waals surface area (Å²) < 4.78 is 26.1. The predicted octanol–water partition coefficient (Wildman–Crippen LogP) is 4.60.